The van der Waals surface area contributed by atoms with E-state index in [1.54, 1.807) is 0 Å². The zero-order chi connectivity index (χ0) is 15.2. The molecule has 0 amide bonds. The van der Waals surface area contributed by atoms with Gasteiger partial charge in [0.1, 0.15) is 5.75 Å². The molecule has 0 spiro atoms. The van der Waals surface area contributed by atoms with E-state index in [4.69, 9.17) is 14.2 Å². The number of hydrogen-bond acceptors (Lipinski definition) is 4. The van der Waals surface area contributed by atoms with Gasteiger partial charge in [-0.3, -0.25) is 0 Å². The summed E-state index contributed by atoms with van der Waals surface area (Å²) in [4.78, 5) is 0. The van der Waals surface area contributed by atoms with Crippen LogP contribution < -0.4 is 31.9 Å². The summed E-state index contributed by atoms with van der Waals surface area (Å²) in [6.45, 7) is 4.73. The van der Waals surface area contributed by atoms with Gasteiger partial charge in [0, 0.05) is 12.1 Å². The van der Waals surface area contributed by atoms with Gasteiger partial charge in [0.25, 0.3) is 0 Å². The maximum Gasteiger partial charge on any atom is 0.231 e. The molecular formula is C18H21ClNO3-. The first-order chi connectivity index (χ1) is 10.9. The molecule has 2 aromatic rings. The third kappa shape index (κ3) is 4.53. The van der Waals surface area contributed by atoms with Crippen molar-refractivity contribution >= 4 is 0 Å². The summed E-state index contributed by atoms with van der Waals surface area (Å²) in [5.41, 5.74) is 2.44. The summed E-state index contributed by atoms with van der Waals surface area (Å²) in [5, 5.41) is 3.46. The fraction of sp³-hybridized carbons (Fsp3) is 0.333. The largest absolute Gasteiger partial charge is 1.00 e. The monoisotopic (exact) mass is 334 g/mol. The SMILES string of the molecule is CCOc1ccccc1CNCCc1ccc2c(c1)OCO2.[Cl-]. The lowest BCUT2D eigenvalue weighted by Crippen LogP contribution is -3.00. The number of benzene rings is 2. The molecule has 0 radical (unpaired) electrons. The molecular weight excluding hydrogens is 314 g/mol. The Bertz CT molecular complexity index is 633. The number of rotatable bonds is 7. The second kappa shape index (κ2) is 8.65. The number of para-hydroxylation sites is 1. The summed E-state index contributed by atoms with van der Waals surface area (Å²) in [7, 11) is 0. The van der Waals surface area contributed by atoms with Crippen molar-refractivity contribution < 1.29 is 26.6 Å². The van der Waals surface area contributed by atoms with E-state index in [1.807, 2.05) is 31.2 Å². The number of fused-ring (bicyclic) bond motifs is 1. The van der Waals surface area contributed by atoms with Crippen LogP contribution in [0.5, 0.6) is 17.2 Å². The average Bonchev–Trinajstić information content (AvgIpc) is 3.01. The van der Waals surface area contributed by atoms with Gasteiger partial charge >= 0.3 is 0 Å². The second-order valence-corrected chi connectivity index (χ2v) is 5.16. The Morgan fingerprint density at radius 3 is 2.78 bits per heavy atom. The van der Waals surface area contributed by atoms with Crippen molar-refractivity contribution in [1.29, 1.82) is 0 Å². The van der Waals surface area contributed by atoms with Crippen molar-refractivity contribution in [3.8, 4) is 17.2 Å². The van der Waals surface area contributed by atoms with Gasteiger partial charge in [0.2, 0.25) is 6.79 Å². The lowest BCUT2D eigenvalue weighted by molar-refractivity contribution is -0.00000658. The fourth-order valence-electron chi connectivity index (χ4n) is 2.50. The molecule has 1 heterocycles. The average molecular weight is 335 g/mol. The summed E-state index contributed by atoms with van der Waals surface area (Å²) in [5.74, 6) is 2.64. The van der Waals surface area contributed by atoms with Crippen LogP contribution in [0.1, 0.15) is 18.1 Å². The van der Waals surface area contributed by atoms with Crippen LogP contribution >= 0.6 is 0 Å². The minimum Gasteiger partial charge on any atom is -1.00 e. The van der Waals surface area contributed by atoms with E-state index in [1.165, 1.54) is 11.1 Å². The van der Waals surface area contributed by atoms with E-state index >= 15 is 0 Å². The second-order valence-electron chi connectivity index (χ2n) is 5.16. The number of nitrogens with one attached hydrogen (secondary N) is 1. The fourth-order valence-corrected chi connectivity index (χ4v) is 2.50. The molecule has 0 fully saturated rings. The molecule has 0 bridgehead atoms. The maximum absolute atomic E-state index is 5.63. The summed E-state index contributed by atoms with van der Waals surface area (Å²) in [6.07, 6.45) is 0.952. The minimum absolute atomic E-state index is 0. The van der Waals surface area contributed by atoms with E-state index in [-0.39, 0.29) is 12.4 Å². The molecule has 1 N–H and O–H groups in total. The lowest BCUT2D eigenvalue weighted by atomic mass is 10.1. The van der Waals surface area contributed by atoms with Gasteiger partial charge in [-0.15, -0.1) is 0 Å². The van der Waals surface area contributed by atoms with E-state index < -0.39 is 0 Å². The van der Waals surface area contributed by atoms with E-state index in [9.17, 15) is 0 Å². The first-order valence-electron chi connectivity index (χ1n) is 7.67. The molecule has 23 heavy (non-hydrogen) atoms. The highest BCUT2D eigenvalue weighted by molar-refractivity contribution is 5.44. The molecule has 4 nitrogen and oxygen atoms in total. The van der Waals surface area contributed by atoms with Crippen molar-refractivity contribution in [1.82, 2.24) is 5.32 Å². The minimum atomic E-state index is 0. The highest BCUT2D eigenvalue weighted by atomic mass is 35.5. The molecule has 3 rings (SSSR count). The normalized spacial score (nSPS) is 11.9. The zero-order valence-electron chi connectivity index (χ0n) is 13.2. The number of ether oxygens (including phenoxy) is 3. The van der Waals surface area contributed by atoms with Crippen LogP contribution in [0.15, 0.2) is 42.5 Å². The Labute approximate surface area is 143 Å². The highest BCUT2D eigenvalue weighted by Gasteiger charge is 2.12. The van der Waals surface area contributed by atoms with Crippen LogP contribution in [0, 0.1) is 0 Å². The van der Waals surface area contributed by atoms with Crippen LogP contribution in [0.2, 0.25) is 0 Å². The predicted molar refractivity (Wildman–Crippen MR) is 85.6 cm³/mol. The Morgan fingerprint density at radius 1 is 1.09 bits per heavy atom. The van der Waals surface area contributed by atoms with Crippen LogP contribution in [-0.4, -0.2) is 19.9 Å². The van der Waals surface area contributed by atoms with Crippen LogP contribution in [-0.2, 0) is 13.0 Å². The van der Waals surface area contributed by atoms with Crippen molar-refractivity contribution in [2.75, 3.05) is 19.9 Å². The lowest BCUT2D eigenvalue weighted by Gasteiger charge is -2.11. The quantitative estimate of drug-likeness (QED) is 0.732. The number of hydrogen-bond donors (Lipinski definition) is 1. The van der Waals surface area contributed by atoms with Gasteiger partial charge in [0.05, 0.1) is 6.61 Å². The first-order valence-corrected chi connectivity index (χ1v) is 7.67. The molecule has 0 saturated carbocycles. The summed E-state index contributed by atoms with van der Waals surface area (Å²) < 4.78 is 16.4. The molecule has 0 aliphatic carbocycles. The molecule has 0 unspecified atom stereocenters. The third-order valence-corrected chi connectivity index (χ3v) is 3.62. The van der Waals surface area contributed by atoms with Crippen molar-refractivity contribution in [3.63, 3.8) is 0 Å². The standard InChI is InChI=1S/C18H21NO3.ClH/c1-2-20-16-6-4-3-5-15(16)12-19-10-9-14-7-8-17-18(11-14)22-13-21-17;/h3-8,11,19H,2,9-10,12-13H2,1H3;1H/p-1. The highest BCUT2D eigenvalue weighted by Crippen LogP contribution is 2.32. The molecule has 1 aliphatic heterocycles. The van der Waals surface area contributed by atoms with Crippen LogP contribution in [0.3, 0.4) is 0 Å². The maximum atomic E-state index is 5.63. The van der Waals surface area contributed by atoms with E-state index in [0.29, 0.717) is 13.4 Å². The molecule has 1 aliphatic rings. The van der Waals surface area contributed by atoms with Crippen LogP contribution in [0.4, 0.5) is 0 Å². The van der Waals surface area contributed by atoms with Gasteiger partial charge in [0.15, 0.2) is 11.5 Å². The van der Waals surface area contributed by atoms with E-state index in [2.05, 4.69) is 23.5 Å². The Hall–Kier alpha value is -1.91. The predicted octanol–water partition coefficient (Wildman–Crippen LogP) is 0.150. The molecule has 0 saturated heterocycles. The van der Waals surface area contributed by atoms with Gasteiger partial charge in [-0.1, -0.05) is 24.3 Å². The third-order valence-electron chi connectivity index (χ3n) is 3.62. The van der Waals surface area contributed by atoms with Gasteiger partial charge < -0.3 is 31.9 Å². The molecule has 0 atom stereocenters. The van der Waals surface area contributed by atoms with Gasteiger partial charge in [-0.2, -0.15) is 0 Å². The Kier molecular flexibility index (Phi) is 6.56. The molecule has 5 heteroatoms. The zero-order valence-corrected chi connectivity index (χ0v) is 13.9. The van der Waals surface area contributed by atoms with Crippen molar-refractivity contribution in [2.24, 2.45) is 0 Å². The molecule has 124 valence electrons. The Morgan fingerprint density at radius 2 is 1.91 bits per heavy atom. The molecule has 0 aromatic heterocycles. The van der Waals surface area contributed by atoms with Crippen LogP contribution in [0.25, 0.3) is 0 Å². The van der Waals surface area contributed by atoms with E-state index in [0.717, 1.165) is 36.8 Å². The summed E-state index contributed by atoms with van der Waals surface area (Å²) in [6, 6.07) is 14.3. The molecule has 2 aromatic carbocycles. The Balaban J connectivity index is 0.00000192. The van der Waals surface area contributed by atoms with Gasteiger partial charge in [-0.05, 0) is 43.7 Å². The van der Waals surface area contributed by atoms with Crippen molar-refractivity contribution in [2.45, 2.75) is 19.9 Å². The topological polar surface area (TPSA) is 39.7 Å². The number of halogens is 1. The first kappa shape index (κ1) is 17.4. The van der Waals surface area contributed by atoms with Crippen molar-refractivity contribution in [3.05, 3.63) is 53.6 Å². The van der Waals surface area contributed by atoms with Gasteiger partial charge in [-0.25, -0.2) is 0 Å². The summed E-state index contributed by atoms with van der Waals surface area (Å²) >= 11 is 0. The smallest absolute Gasteiger partial charge is 0.231 e.